The molecule has 70 valence electrons. The van der Waals surface area contributed by atoms with Crippen LogP contribution in [0.5, 0.6) is 0 Å². The fraction of sp³-hybridized carbons (Fsp3) is 0.300. The fourth-order valence-electron chi connectivity index (χ4n) is 1.07. The van der Waals surface area contributed by atoms with Gasteiger partial charge in [0, 0.05) is 6.54 Å². The Labute approximate surface area is 78.7 Å². The summed E-state index contributed by atoms with van der Waals surface area (Å²) >= 11 is 0. The van der Waals surface area contributed by atoms with Gasteiger partial charge < -0.3 is 11.1 Å². The average molecular weight is 177 g/mol. The summed E-state index contributed by atoms with van der Waals surface area (Å²) in [5, 5.41) is 3.03. The highest BCUT2D eigenvalue weighted by Crippen LogP contribution is 2.09. The number of anilines is 1. The van der Waals surface area contributed by atoms with Crippen LogP contribution >= 0.6 is 0 Å². The summed E-state index contributed by atoms with van der Waals surface area (Å²) in [5.74, 6) is 0. The molecule has 1 aromatic rings. The minimum atomic E-state index is 0.711. The molecule has 13 heavy (non-hydrogen) atoms. The van der Waals surface area contributed by atoms with E-state index in [1.807, 2.05) is 32.2 Å². The lowest BCUT2D eigenvalue weighted by molar-refractivity contribution is 0.922. The largest absolute Gasteiger partial charge is 0.397 e. The number of aromatic nitrogens is 1. The van der Waals surface area contributed by atoms with E-state index in [4.69, 9.17) is 5.73 Å². The number of nitrogen functional groups attached to an aromatic ring is 1. The second-order valence-electron chi connectivity index (χ2n) is 2.93. The topological polar surface area (TPSA) is 50.9 Å². The number of aryl methyl sites for hydroxylation is 1. The molecule has 0 bridgehead atoms. The monoisotopic (exact) mass is 177 g/mol. The predicted octanol–water partition coefficient (Wildman–Crippen LogP) is 1.20. The van der Waals surface area contributed by atoms with Gasteiger partial charge in [0.1, 0.15) is 0 Å². The van der Waals surface area contributed by atoms with Gasteiger partial charge in [-0.1, -0.05) is 6.08 Å². The first-order valence-electron chi connectivity index (χ1n) is 4.27. The smallest absolute Gasteiger partial charge is 0.0657 e. The molecule has 0 radical (unpaired) electrons. The summed E-state index contributed by atoms with van der Waals surface area (Å²) in [5.41, 5.74) is 8.38. The fourth-order valence-corrected chi connectivity index (χ4v) is 1.07. The Morgan fingerprint density at radius 2 is 2.38 bits per heavy atom. The van der Waals surface area contributed by atoms with Crippen LogP contribution in [0.1, 0.15) is 11.3 Å². The second kappa shape index (κ2) is 4.62. The third kappa shape index (κ3) is 2.87. The van der Waals surface area contributed by atoms with Gasteiger partial charge in [-0.2, -0.15) is 0 Å². The maximum Gasteiger partial charge on any atom is 0.0657 e. The van der Waals surface area contributed by atoms with Crippen molar-refractivity contribution >= 4 is 11.8 Å². The highest BCUT2D eigenvalue weighted by molar-refractivity contribution is 5.52. The van der Waals surface area contributed by atoms with Crippen molar-refractivity contribution in [2.24, 2.45) is 0 Å². The van der Waals surface area contributed by atoms with Gasteiger partial charge in [0.2, 0.25) is 0 Å². The van der Waals surface area contributed by atoms with E-state index < -0.39 is 0 Å². The molecule has 3 heteroatoms. The molecule has 3 nitrogen and oxygen atoms in total. The molecule has 0 aliphatic carbocycles. The van der Waals surface area contributed by atoms with E-state index in [0.717, 1.165) is 17.8 Å². The molecule has 1 rings (SSSR count). The van der Waals surface area contributed by atoms with Crippen molar-refractivity contribution in [3.05, 3.63) is 29.6 Å². The molecule has 3 N–H and O–H groups in total. The van der Waals surface area contributed by atoms with Gasteiger partial charge in [-0.25, -0.2) is 0 Å². The Balaban J connectivity index is 2.77. The summed E-state index contributed by atoms with van der Waals surface area (Å²) in [7, 11) is 1.91. The van der Waals surface area contributed by atoms with Crippen molar-refractivity contribution < 1.29 is 0 Å². The molecule has 0 amide bonds. The van der Waals surface area contributed by atoms with Crippen molar-refractivity contribution in [1.82, 2.24) is 10.3 Å². The van der Waals surface area contributed by atoms with E-state index in [9.17, 15) is 0 Å². The standard InChI is InChI=1S/C10H15N3/c1-8-6-9(11)7-13-10(8)4-3-5-12-2/h3-4,6-7,12H,5,11H2,1-2H3. The van der Waals surface area contributed by atoms with Gasteiger partial charge in [0.05, 0.1) is 17.6 Å². The average Bonchev–Trinajstić information content (AvgIpc) is 2.09. The number of nitrogens with two attached hydrogens (primary N) is 1. The maximum atomic E-state index is 5.58. The Bertz CT molecular complexity index is 305. The van der Waals surface area contributed by atoms with E-state index in [1.54, 1.807) is 6.20 Å². The molecular formula is C10H15N3. The summed E-state index contributed by atoms with van der Waals surface area (Å²) in [6, 6.07) is 1.92. The van der Waals surface area contributed by atoms with E-state index in [1.165, 1.54) is 0 Å². The van der Waals surface area contributed by atoms with Crippen LogP contribution in [0, 0.1) is 6.92 Å². The minimum absolute atomic E-state index is 0.711. The SMILES string of the molecule is CNCC=Cc1ncc(N)cc1C. The molecule has 0 aliphatic rings. The Morgan fingerprint density at radius 1 is 1.62 bits per heavy atom. The normalized spacial score (nSPS) is 10.9. The predicted molar refractivity (Wildman–Crippen MR) is 56.3 cm³/mol. The van der Waals surface area contributed by atoms with Crippen LogP contribution in [-0.4, -0.2) is 18.6 Å². The van der Waals surface area contributed by atoms with Crippen molar-refractivity contribution in [3.8, 4) is 0 Å². The first kappa shape index (κ1) is 9.74. The third-order valence-electron chi connectivity index (χ3n) is 1.74. The molecule has 1 heterocycles. The third-order valence-corrected chi connectivity index (χ3v) is 1.74. The van der Waals surface area contributed by atoms with Gasteiger partial charge in [-0.3, -0.25) is 4.98 Å². The van der Waals surface area contributed by atoms with E-state index in [0.29, 0.717) is 5.69 Å². The zero-order valence-corrected chi connectivity index (χ0v) is 8.04. The van der Waals surface area contributed by atoms with E-state index in [-0.39, 0.29) is 0 Å². The highest BCUT2D eigenvalue weighted by atomic mass is 14.8. The Morgan fingerprint density at radius 3 is 3.00 bits per heavy atom. The van der Waals surface area contributed by atoms with E-state index >= 15 is 0 Å². The lowest BCUT2D eigenvalue weighted by Gasteiger charge is -2.00. The number of rotatable bonds is 3. The number of pyridine rings is 1. The molecule has 0 aliphatic heterocycles. The zero-order chi connectivity index (χ0) is 9.68. The number of likely N-dealkylation sites (N-methyl/N-ethyl adjacent to an activating group) is 1. The molecule has 0 saturated heterocycles. The van der Waals surface area contributed by atoms with Crippen LogP contribution in [0.25, 0.3) is 6.08 Å². The highest BCUT2D eigenvalue weighted by Gasteiger charge is 1.94. The summed E-state index contributed by atoms with van der Waals surface area (Å²) in [6.07, 6.45) is 5.70. The molecule has 0 saturated carbocycles. The first-order chi connectivity index (χ1) is 6.24. The number of hydrogen-bond donors (Lipinski definition) is 2. The maximum absolute atomic E-state index is 5.58. The minimum Gasteiger partial charge on any atom is -0.397 e. The molecule has 0 aromatic carbocycles. The molecule has 0 spiro atoms. The molecule has 0 fully saturated rings. The van der Waals surface area contributed by atoms with Crippen LogP contribution < -0.4 is 11.1 Å². The lowest BCUT2D eigenvalue weighted by Crippen LogP contribution is -2.03. The number of nitrogens with one attached hydrogen (secondary N) is 1. The Kier molecular flexibility index (Phi) is 3.46. The van der Waals surface area contributed by atoms with Crippen molar-refractivity contribution in [2.45, 2.75) is 6.92 Å². The summed E-state index contributed by atoms with van der Waals surface area (Å²) < 4.78 is 0. The van der Waals surface area contributed by atoms with Gasteiger partial charge in [-0.05, 0) is 31.7 Å². The zero-order valence-electron chi connectivity index (χ0n) is 8.04. The molecule has 0 unspecified atom stereocenters. The van der Waals surface area contributed by atoms with Crippen LogP contribution in [0.3, 0.4) is 0 Å². The van der Waals surface area contributed by atoms with Crippen LogP contribution in [-0.2, 0) is 0 Å². The first-order valence-corrected chi connectivity index (χ1v) is 4.27. The van der Waals surface area contributed by atoms with Crippen LogP contribution in [0.2, 0.25) is 0 Å². The molecule has 1 aromatic heterocycles. The molecular weight excluding hydrogens is 162 g/mol. The van der Waals surface area contributed by atoms with Gasteiger partial charge in [0.15, 0.2) is 0 Å². The van der Waals surface area contributed by atoms with E-state index in [2.05, 4.69) is 10.3 Å². The van der Waals surface area contributed by atoms with Gasteiger partial charge in [-0.15, -0.1) is 0 Å². The summed E-state index contributed by atoms with van der Waals surface area (Å²) in [4.78, 5) is 4.21. The Hall–Kier alpha value is -1.35. The van der Waals surface area contributed by atoms with Crippen molar-refractivity contribution in [1.29, 1.82) is 0 Å². The van der Waals surface area contributed by atoms with Gasteiger partial charge in [0.25, 0.3) is 0 Å². The van der Waals surface area contributed by atoms with Crippen LogP contribution in [0.15, 0.2) is 18.3 Å². The number of nitrogens with zero attached hydrogens (tertiary/aromatic N) is 1. The second-order valence-corrected chi connectivity index (χ2v) is 2.93. The van der Waals surface area contributed by atoms with Crippen LogP contribution in [0.4, 0.5) is 5.69 Å². The van der Waals surface area contributed by atoms with Crippen molar-refractivity contribution in [3.63, 3.8) is 0 Å². The quantitative estimate of drug-likeness (QED) is 0.729. The lowest BCUT2D eigenvalue weighted by atomic mass is 10.2. The number of hydrogen-bond acceptors (Lipinski definition) is 3. The molecule has 0 atom stereocenters. The van der Waals surface area contributed by atoms with Gasteiger partial charge >= 0.3 is 0 Å². The summed E-state index contributed by atoms with van der Waals surface area (Å²) in [6.45, 7) is 2.86. The van der Waals surface area contributed by atoms with Crippen molar-refractivity contribution in [2.75, 3.05) is 19.3 Å².